The van der Waals surface area contributed by atoms with Crippen molar-refractivity contribution in [2.24, 2.45) is 0 Å². The molecule has 3 heterocycles. The third-order valence-electron chi connectivity index (χ3n) is 5.32. The summed E-state index contributed by atoms with van der Waals surface area (Å²) in [5, 5.41) is 9.07. The summed E-state index contributed by atoms with van der Waals surface area (Å²) in [5.41, 5.74) is 1.48. The number of nitrogens with one attached hydrogen (secondary N) is 2. The molecule has 8 heteroatoms. The number of benzene rings is 1. The molecule has 0 amide bonds. The standard InChI is InChI=1S/C21H27ClN6O/c1-21(2,3)28-18-17(12-23-28)19(29)26-20(25-18)24-16-8-10-27(11-9-16)13-14-4-6-15(22)7-5-14/h4-7,12,16H,8-11,13H2,1-3H3,(H2,24,25,26,29). The molecule has 154 valence electrons. The van der Waals surface area contributed by atoms with Crippen LogP contribution in [0.2, 0.25) is 5.02 Å². The Kier molecular flexibility index (Phi) is 5.36. The Hall–Kier alpha value is -2.38. The molecule has 0 bridgehead atoms. The normalized spacial score (nSPS) is 16.4. The molecular weight excluding hydrogens is 388 g/mol. The van der Waals surface area contributed by atoms with Crippen LogP contribution in [0.1, 0.15) is 39.2 Å². The van der Waals surface area contributed by atoms with Gasteiger partial charge in [0.2, 0.25) is 5.95 Å². The maximum atomic E-state index is 12.5. The van der Waals surface area contributed by atoms with Crippen LogP contribution in [0.15, 0.2) is 35.3 Å². The van der Waals surface area contributed by atoms with Crippen molar-refractivity contribution in [1.82, 2.24) is 24.6 Å². The lowest BCUT2D eigenvalue weighted by Crippen LogP contribution is -2.39. The largest absolute Gasteiger partial charge is 0.353 e. The van der Waals surface area contributed by atoms with Gasteiger partial charge >= 0.3 is 0 Å². The van der Waals surface area contributed by atoms with Crippen LogP contribution >= 0.6 is 11.6 Å². The van der Waals surface area contributed by atoms with Gasteiger partial charge in [-0.05, 0) is 51.3 Å². The fraction of sp³-hybridized carbons (Fsp3) is 0.476. The Labute approximate surface area is 175 Å². The summed E-state index contributed by atoms with van der Waals surface area (Å²) in [7, 11) is 0. The van der Waals surface area contributed by atoms with Crippen molar-refractivity contribution in [3.05, 3.63) is 51.4 Å². The maximum absolute atomic E-state index is 12.5. The molecule has 29 heavy (non-hydrogen) atoms. The van der Waals surface area contributed by atoms with Crippen molar-refractivity contribution in [3.63, 3.8) is 0 Å². The van der Waals surface area contributed by atoms with Gasteiger partial charge in [0.25, 0.3) is 5.56 Å². The average molecular weight is 415 g/mol. The van der Waals surface area contributed by atoms with E-state index in [1.165, 1.54) is 5.56 Å². The van der Waals surface area contributed by atoms with Gasteiger partial charge in [0.05, 0.1) is 11.7 Å². The van der Waals surface area contributed by atoms with Crippen LogP contribution in [0.3, 0.4) is 0 Å². The number of likely N-dealkylation sites (tertiary alicyclic amines) is 1. The van der Waals surface area contributed by atoms with Gasteiger partial charge in [-0.25, -0.2) is 4.68 Å². The highest BCUT2D eigenvalue weighted by Gasteiger charge is 2.22. The first-order valence-electron chi connectivity index (χ1n) is 10.0. The van der Waals surface area contributed by atoms with E-state index in [0.717, 1.165) is 37.5 Å². The van der Waals surface area contributed by atoms with E-state index in [0.29, 0.717) is 17.0 Å². The number of H-pyrrole nitrogens is 1. The van der Waals surface area contributed by atoms with Gasteiger partial charge in [-0.3, -0.25) is 14.7 Å². The van der Waals surface area contributed by atoms with E-state index in [4.69, 9.17) is 11.6 Å². The van der Waals surface area contributed by atoms with E-state index in [9.17, 15) is 4.79 Å². The number of fused-ring (bicyclic) bond motifs is 1. The topological polar surface area (TPSA) is 78.8 Å². The molecule has 1 fully saturated rings. The fourth-order valence-electron chi connectivity index (χ4n) is 3.75. The van der Waals surface area contributed by atoms with E-state index in [1.807, 2.05) is 32.9 Å². The average Bonchev–Trinajstić information content (AvgIpc) is 3.10. The number of anilines is 1. The first kappa shape index (κ1) is 19.9. The summed E-state index contributed by atoms with van der Waals surface area (Å²) in [5.74, 6) is 0.518. The van der Waals surface area contributed by atoms with E-state index in [2.05, 4.69) is 37.4 Å². The first-order valence-corrected chi connectivity index (χ1v) is 10.4. The molecule has 7 nitrogen and oxygen atoms in total. The van der Waals surface area contributed by atoms with Crippen molar-refractivity contribution in [2.75, 3.05) is 18.4 Å². The van der Waals surface area contributed by atoms with E-state index >= 15 is 0 Å². The zero-order valence-electron chi connectivity index (χ0n) is 17.1. The molecule has 2 aromatic heterocycles. The zero-order chi connectivity index (χ0) is 20.6. The smallest absolute Gasteiger partial charge is 0.263 e. The van der Waals surface area contributed by atoms with Gasteiger partial charge in [0, 0.05) is 30.7 Å². The summed E-state index contributed by atoms with van der Waals surface area (Å²) in [6.45, 7) is 9.05. The summed E-state index contributed by atoms with van der Waals surface area (Å²) < 4.78 is 1.80. The van der Waals surface area contributed by atoms with Crippen LogP contribution < -0.4 is 10.9 Å². The quantitative estimate of drug-likeness (QED) is 0.681. The minimum absolute atomic E-state index is 0.159. The minimum Gasteiger partial charge on any atom is -0.353 e. The molecule has 1 aliphatic rings. The lowest BCUT2D eigenvalue weighted by molar-refractivity contribution is 0.211. The molecule has 1 aliphatic heterocycles. The Morgan fingerprint density at radius 3 is 2.55 bits per heavy atom. The Balaban J connectivity index is 1.42. The summed E-state index contributed by atoms with van der Waals surface area (Å²) >= 11 is 5.97. The van der Waals surface area contributed by atoms with Gasteiger partial charge in [0.15, 0.2) is 5.65 Å². The third kappa shape index (κ3) is 4.46. The van der Waals surface area contributed by atoms with Gasteiger partial charge in [0.1, 0.15) is 5.39 Å². The van der Waals surface area contributed by atoms with Crippen molar-refractivity contribution in [1.29, 1.82) is 0 Å². The van der Waals surface area contributed by atoms with Crippen LogP contribution in [-0.2, 0) is 12.1 Å². The van der Waals surface area contributed by atoms with Crippen molar-refractivity contribution in [3.8, 4) is 0 Å². The molecule has 1 aromatic carbocycles. The number of halogens is 1. The Morgan fingerprint density at radius 2 is 1.90 bits per heavy atom. The second-order valence-electron chi connectivity index (χ2n) is 8.70. The molecule has 0 saturated carbocycles. The molecule has 3 aromatic rings. The van der Waals surface area contributed by atoms with Gasteiger partial charge in [-0.1, -0.05) is 23.7 Å². The maximum Gasteiger partial charge on any atom is 0.263 e. The molecule has 2 N–H and O–H groups in total. The molecule has 0 spiro atoms. The lowest BCUT2D eigenvalue weighted by Gasteiger charge is -2.32. The highest BCUT2D eigenvalue weighted by atomic mass is 35.5. The molecule has 1 saturated heterocycles. The minimum atomic E-state index is -0.243. The van der Waals surface area contributed by atoms with Crippen LogP contribution in [0.5, 0.6) is 0 Å². The van der Waals surface area contributed by atoms with Crippen molar-refractivity contribution in [2.45, 2.75) is 51.7 Å². The number of rotatable bonds is 4. The second-order valence-corrected chi connectivity index (χ2v) is 9.14. The third-order valence-corrected chi connectivity index (χ3v) is 5.57. The van der Waals surface area contributed by atoms with Gasteiger partial charge in [-0.15, -0.1) is 0 Å². The highest BCUT2D eigenvalue weighted by Crippen LogP contribution is 2.21. The van der Waals surface area contributed by atoms with Crippen LogP contribution in [-0.4, -0.2) is 43.8 Å². The van der Waals surface area contributed by atoms with Crippen LogP contribution in [0, 0.1) is 0 Å². The van der Waals surface area contributed by atoms with Crippen molar-refractivity contribution < 1.29 is 0 Å². The number of hydrogen-bond donors (Lipinski definition) is 2. The lowest BCUT2D eigenvalue weighted by atomic mass is 10.0. The SMILES string of the molecule is CC(C)(C)n1ncc2c(=O)[nH]c(NC3CCN(Cc4ccc(Cl)cc4)CC3)nc21. The fourth-order valence-corrected chi connectivity index (χ4v) is 3.88. The number of nitrogens with zero attached hydrogens (tertiary/aromatic N) is 4. The number of hydrogen-bond acceptors (Lipinski definition) is 5. The summed E-state index contributed by atoms with van der Waals surface area (Å²) in [4.78, 5) is 22.4. The molecular formula is C21H27ClN6O. The summed E-state index contributed by atoms with van der Waals surface area (Å²) in [6, 6.07) is 8.31. The molecule has 0 aliphatic carbocycles. The molecule has 0 atom stereocenters. The van der Waals surface area contributed by atoms with Crippen LogP contribution in [0.25, 0.3) is 11.0 Å². The molecule has 4 rings (SSSR count). The number of aromatic nitrogens is 4. The van der Waals surface area contributed by atoms with E-state index < -0.39 is 0 Å². The zero-order valence-corrected chi connectivity index (χ0v) is 17.8. The van der Waals surface area contributed by atoms with Crippen LogP contribution in [0.4, 0.5) is 5.95 Å². The van der Waals surface area contributed by atoms with E-state index in [-0.39, 0.29) is 17.1 Å². The highest BCUT2D eigenvalue weighted by molar-refractivity contribution is 6.30. The number of aromatic amines is 1. The van der Waals surface area contributed by atoms with Gasteiger partial charge in [-0.2, -0.15) is 10.1 Å². The predicted octanol–water partition coefficient (Wildman–Crippen LogP) is 3.60. The summed E-state index contributed by atoms with van der Waals surface area (Å²) in [6.07, 6.45) is 3.58. The number of piperidine rings is 1. The molecule has 0 unspecified atom stereocenters. The predicted molar refractivity (Wildman–Crippen MR) is 117 cm³/mol. The Morgan fingerprint density at radius 1 is 1.21 bits per heavy atom. The van der Waals surface area contributed by atoms with Gasteiger partial charge < -0.3 is 5.32 Å². The Bertz CT molecular complexity index is 1040. The van der Waals surface area contributed by atoms with E-state index in [1.54, 1.807) is 10.9 Å². The van der Waals surface area contributed by atoms with Crippen molar-refractivity contribution >= 4 is 28.6 Å². The first-order chi connectivity index (χ1) is 13.8. The monoisotopic (exact) mass is 414 g/mol. The molecule has 0 radical (unpaired) electrons. The second kappa shape index (κ2) is 7.80.